The maximum absolute atomic E-state index is 13.8. The van der Waals surface area contributed by atoms with E-state index in [-0.39, 0.29) is 16.7 Å². The highest BCUT2D eigenvalue weighted by atomic mass is 32.2. The summed E-state index contributed by atoms with van der Waals surface area (Å²) in [6.45, 7) is 0.898. The summed E-state index contributed by atoms with van der Waals surface area (Å²) in [4.78, 5) is 3.77. The van der Waals surface area contributed by atoms with Crippen LogP contribution in [0.15, 0.2) is 36.5 Å². The van der Waals surface area contributed by atoms with E-state index < -0.39 is 21.9 Å². The van der Waals surface area contributed by atoms with Crippen LogP contribution >= 0.6 is 0 Å². The number of nitrogens with zero attached hydrogens (tertiary/aromatic N) is 5. The predicted molar refractivity (Wildman–Crippen MR) is 116 cm³/mol. The lowest BCUT2D eigenvalue weighted by molar-refractivity contribution is 0.108. The number of nitrogens with two attached hydrogens (primary N) is 1. The molecular formula is C21H23FN6O3S. The van der Waals surface area contributed by atoms with Crippen molar-refractivity contribution in [3.8, 4) is 17.3 Å². The van der Waals surface area contributed by atoms with Crippen LogP contribution in [-0.4, -0.2) is 56.9 Å². The van der Waals surface area contributed by atoms with Gasteiger partial charge in [-0.1, -0.05) is 12.1 Å². The van der Waals surface area contributed by atoms with E-state index in [2.05, 4.69) is 10.1 Å². The first-order chi connectivity index (χ1) is 15.3. The molecule has 1 aliphatic carbocycles. The van der Waals surface area contributed by atoms with Crippen molar-refractivity contribution in [2.45, 2.75) is 37.0 Å². The number of benzene rings is 1. The minimum absolute atomic E-state index is 0.0676. The van der Waals surface area contributed by atoms with Crippen LogP contribution in [0.2, 0.25) is 0 Å². The van der Waals surface area contributed by atoms with Gasteiger partial charge in [0.05, 0.1) is 34.9 Å². The fourth-order valence-electron chi connectivity index (χ4n) is 3.62. The Hall–Kier alpha value is -3.07. The molecule has 32 heavy (non-hydrogen) atoms. The largest absolute Gasteiger partial charge is 0.392 e. The monoisotopic (exact) mass is 458 g/mol. The van der Waals surface area contributed by atoms with Crippen molar-refractivity contribution in [1.82, 2.24) is 18.9 Å². The first kappa shape index (κ1) is 22.1. The lowest BCUT2D eigenvalue weighted by atomic mass is 10.1. The summed E-state index contributed by atoms with van der Waals surface area (Å²) < 4.78 is 40.1. The summed E-state index contributed by atoms with van der Waals surface area (Å²) >= 11 is 0. The number of β-amino-alcohol motifs (C(OH)–C–C–N with tert-alkyl or cyclic N) is 1. The average molecular weight is 459 g/mol. The summed E-state index contributed by atoms with van der Waals surface area (Å²) in [5, 5.41) is 22.0. The molecule has 3 heterocycles. The molecule has 5 rings (SSSR count). The molecule has 0 bridgehead atoms. The van der Waals surface area contributed by atoms with E-state index in [1.54, 1.807) is 24.3 Å². The number of aliphatic hydroxyl groups excluding tert-OH is 1. The molecule has 2 aromatic heterocycles. The normalized spacial score (nSPS) is 19.2. The van der Waals surface area contributed by atoms with Gasteiger partial charge in [-0.15, -0.1) is 5.10 Å². The third-order valence-electron chi connectivity index (χ3n) is 5.46. The molecule has 0 spiro atoms. The Morgan fingerprint density at radius 1 is 1.22 bits per heavy atom. The maximum atomic E-state index is 13.8. The fourth-order valence-corrected chi connectivity index (χ4v) is 5.53. The number of rotatable bonds is 3. The topological polar surface area (TPSA) is 138 Å². The summed E-state index contributed by atoms with van der Waals surface area (Å²) in [6, 6.07) is 10.2. The number of aliphatic hydroxyl groups is 1. The van der Waals surface area contributed by atoms with Gasteiger partial charge in [-0.2, -0.15) is 9.57 Å². The van der Waals surface area contributed by atoms with E-state index in [0.29, 0.717) is 24.3 Å². The summed E-state index contributed by atoms with van der Waals surface area (Å²) in [5.41, 5.74) is 7.62. The molecule has 0 radical (unpaired) electrons. The Bertz CT molecular complexity index is 1270. The second-order valence-electron chi connectivity index (χ2n) is 7.88. The van der Waals surface area contributed by atoms with E-state index in [1.807, 2.05) is 6.07 Å². The molecule has 1 atom stereocenters. The van der Waals surface area contributed by atoms with E-state index in [9.17, 15) is 17.9 Å². The molecule has 168 valence electrons. The summed E-state index contributed by atoms with van der Waals surface area (Å²) in [5.74, 6) is -0.350. The van der Waals surface area contributed by atoms with Crippen molar-refractivity contribution in [3.63, 3.8) is 0 Å². The number of piperidine rings is 1. The molecule has 3 aromatic rings. The number of hydrogen-bond donors (Lipinski definition) is 2. The molecular weight excluding hydrogens is 435 g/mol. The molecule has 3 N–H and O–H groups in total. The van der Waals surface area contributed by atoms with E-state index in [4.69, 9.17) is 11.0 Å². The van der Waals surface area contributed by atoms with Gasteiger partial charge in [0.25, 0.3) is 0 Å². The number of hydrogen-bond acceptors (Lipinski definition) is 7. The van der Waals surface area contributed by atoms with Crippen molar-refractivity contribution in [2.24, 2.45) is 0 Å². The van der Waals surface area contributed by atoms with Gasteiger partial charge in [-0.05, 0) is 37.8 Å². The smallest absolute Gasteiger partial charge is 0.238 e. The number of aromatic nitrogens is 3. The van der Waals surface area contributed by atoms with Gasteiger partial charge >= 0.3 is 0 Å². The van der Waals surface area contributed by atoms with Gasteiger partial charge in [0.2, 0.25) is 16.0 Å². The molecule has 1 unspecified atom stereocenters. The fraction of sp³-hybridized carbons (Fsp3) is 0.381. The third kappa shape index (κ3) is 4.57. The van der Waals surface area contributed by atoms with Crippen LogP contribution in [0.1, 0.15) is 31.2 Å². The number of fused-ring (bicyclic) bond motifs is 1. The molecule has 1 aromatic carbocycles. The van der Waals surface area contributed by atoms with Gasteiger partial charge in [0.15, 0.2) is 5.82 Å². The van der Waals surface area contributed by atoms with Gasteiger partial charge in [0, 0.05) is 24.7 Å². The summed E-state index contributed by atoms with van der Waals surface area (Å²) in [6.07, 6.45) is 4.00. The van der Waals surface area contributed by atoms with Gasteiger partial charge in [-0.3, -0.25) is 0 Å². The Labute approximate surface area is 185 Å². The Morgan fingerprint density at radius 3 is 2.56 bits per heavy atom. The zero-order chi connectivity index (χ0) is 22.9. The van der Waals surface area contributed by atoms with Gasteiger partial charge < -0.3 is 10.8 Å². The van der Waals surface area contributed by atoms with Crippen molar-refractivity contribution < 1.29 is 17.9 Å². The summed E-state index contributed by atoms with van der Waals surface area (Å²) in [7, 11) is -3.05. The van der Waals surface area contributed by atoms with Gasteiger partial charge in [-0.25, -0.2) is 22.3 Å². The van der Waals surface area contributed by atoms with Crippen molar-refractivity contribution >= 4 is 21.5 Å². The minimum Gasteiger partial charge on any atom is -0.392 e. The van der Waals surface area contributed by atoms with Crippen LogP contribution in [-0.2, 0) is 10.0 Å². The molecule has 1 saturated carbocycles. The van der Waals surface area contributed by atoms with E-state index >= 15 is 0 Å². The highest BCUT2D eigenvalue weighted by molar-refractivity contribution is 7.90. The molecule has 9 nitrogen and oxygen atoms in total. The lowest BCUT2D eigenvalue weighted by Gasteiger charge is -2.29. The van der Waals surface area contributed by atoms with Crippen LogP contribution in [0.25, 0.3) is 16.8 Å². The molecule has 1 saturated heterocycles. The quantitative estimate of drug-likeness (QED) is 0.611. The second kappa shape index (κ2) is 8.82. The maximum Gasteiger partial charge on any atom is 0.238 e. The van der Waals surface area contributed by atoms with Crippen molar-refractivity contribution in [2.75, 3.05) is 18.8 Å². The zero-order valence-electron chi connectivity index (χ0n) is 17.2. The number of sulfonamides is 1. The van der Waals surface area contributed by atoms with Crippen molar-refractivity contribution in [1.29, 1.82) is 5.26 Å². The van der Waals surface area contributed by atoms with Crippen LogP contribution < -0.4 is 5.73 Å². The average Bonchev–Trinajstić information content (AvgIpc) is 3.60. The Kier molecular flexibility index (Phi) is 6.10. The van der Waals surface area contributed by atoms with Crippen LogP contribution in [0.3, 0.4) is 0 Å². The molecule has 1 aliphatic heterocycles. The van der Waals surface area contributed by atoms with Gasteiger partial charge in [0.1, 0.15) is 5.52 Å². The predicted octanol–water partition coefficient (Wildman–Crippen LogP) is 1.92. The first-order valence-corrected chi connectivity index (χ1v) is 11.8. The molecule has 2 fully saturated rings. The van der Waals surface area contributed by atoms with E-state index in [1.165, 1.54) is 21.1 Å². The number of nitrogen functional groups attached to an aromatic ring is 1. The molecule has 11 heteroatoms. The first-order valence-electron chi connectivity index (χ1n) is 10.3. The number of nitriles is 1. The standard InChI is InChI=1S/C13H8FN5.C8H15NO3S/c14-10-5-11(9-3-1-8(6-15)2-4-9)19-12(10)7-17-13(16)18-19;10-7-2-1-5-9(6-7)13(11,12)8-3-4-8/h1-5,7H,(H2,16,18);7-8,10H,1-6H2. The zero-order valence-corrected chi connectivity index (χ0v) is 18.0. The SMILES string of the molecule is N#Cc1ccc(-c2cc(F)c3cnc(N)nn23)cc1.O=S(=O)(C1CC1)N1CCCC(O)C1. The lowest BCUT2D eigenvalue weighted by Crippen LogP contribution is -2.43. The number of anilines is 1. The Balaban J connectivity index is 0.000000165. The highest BCUT2D eigenvalue weighted by Gasteiger charge is 2.41. The third-order valence-corrected chi connectivity index (χ3v) is 7.83. The van der Waals surface area contributed by atoms with Crippen LogP contribution in [0, 0.1) is 17.1 Å². The van der Waals surface area contributed by atoms with E-state index in [0.717, 1.165) is 31.2 Å². The second-order valence-corrected chi connectivity index (χ2v) is 10.1. The molecule has 2 aliphatic rings. The Morgan fingerprint density at radius 2 is 1.94 bits per heavy atom. The highest BCUT2D eigenvalue weighted by Crippen LogP contribution is 2.32. The van der Waals surface area contributed by atoms with Crippen LogP contribution in [0.5, 0.6) is 0 Å². The number of halogens is 1. The molecule has 0 amide bonds. The van der Waals surface area contributed by atoms with Crippen LogP contribution in [0.4, 0.5) is 10.3 Å². The minimum atomic E-state index is -3.05. The van der Waals surface area contributed by atoms with Crippen molar-refractivity contribution in [3.05, 3.63) is 47.9 Å².